The number of hydrogen-bond acceptors (Lipinski definition) is 6. The normalized spacial score (nSPS) is 15.5. The van der Waals surface area contributed by atoms with Gasteiger partial charge in [0, 0.05) is 50.7 Å². The van der Waals surface area contributed by atoms with Gasteiger partial charge >= 0.3 is 5.97 Å². The Hall–Kier alpha value is -3.39. The van der Waals surface area contributed by atoms with Crippen molar-refractivity contribution < 1.29 is 19.1 Å². The van der Waals surface area contributed by atoms with Crippen LogP contribution in [0.25, 0.3) is 0 Å². The van der Waals surface area contributed by atoms with E-state index in [0.29, 0.717) is 36.6 Å². The van der Waals surface area contributed by atoms with Crippen molar-refractivity contribution in [3.8, 4) is 5.75 Å². The van der Waals surface area contributed by atoms with Gasteiger partial charge in [-0.05, 0) is 22.6 Å². The van der Waals surface area contributed by atoms with E-state index in [1.807, 2.05) is 23.6 Å². The molecule has 0 spiro atoms. The molecule has 1 aliphatic heterocycles. The molecule has 0 bridgehead atoms. The number of methoxy groups -OCH3 is 1. The van der Waals surface area contributed by atoms with Crippen molar-refractivity contribution in [3.05, 3.63) is 85.5 Å². The molecule has 5 rings (SSSR count). The van der Waals surface area contributed by atoms with Crippen LogP contribution in [-0.2, 0) is 30.5 Å². The summed E-state index contributed by atoms with van der Waals surface area (Å²) >= 11 is 1.39. The van der Waals surface area contributed by atoms with Crippen molar-refractivity contribution in [1.29, 1.82) is 0 Å². The van der Waals surface area contributed by atoms with Gasteiger partial charge in [-0.1, -0.05) is 30.3 Å². The van der Waals surface area contributed by atoms with Crippen LogP contribution in [0.2, 0.25) is 0 Å². The van der Waals surface area contributed by atoms with E-state index < -0.39 is 5.97 Å². The van der Waals surface area contributed by atoms with Crippen LogP contribution < -0.4 is 10.3 Å². The molecule has 33 heavy (non-hydrogen) atoms. The van der Waals surface area contributed by atoms with Crippen LogP contribution in [0.5, 0.6) is 5.75 Å². The van der Waals surface area contributed by atoms with Crippen molar-refractivity contribution in [3.63, 3.8) is 0 Å². The van der Waals surface area contributed by atoms with Gasteiger partial charge in [0.25, 0.3) is 11.5 Å². The van der Waals surface area contributed by atoms with Crippen molar-refractivity contribution in [1.82, 2.24) is 9.47 Å². The summed E-state index contributed by atoms with van der Waals surface area (Å²) in [6, 6.07) is 13.2. The van der Waals surface area contributed by atoms with Gasteiger partial charge in [-0.15, -0.1) is 11.3 Å². The Balaban J connectivity index is 1.46. The van der Waals surface area contributed by atoms with E-state index in [1.165, 1.54) is 35.6 Å². The number of rotatable bonds is 4. The monoisotopic (exact) mass is 464 g/mol. The maximum Gasteiger partial charge on any atom is 0.343 e. The number of amides is 1. The summed E-state index contributed by atoms with van der Waals surface area (Å²) in [6.07, 6.45) is 1.64. The third-order valence-corrected chi connectivity index (χ3v) is 7.17. The van der Waals surface area contributed by atoms with Crippen LogP contribution in [0, 0.1) is 0 Å². The zero-order valence-corrected chi connectivity index (χ0v) is 19.1. The lowest BCUT2D eigenvalue weighted by Crippen LogP contribution is -2.33. The molecule has 1 aromatic carbocycles. The highest BCUT2D eigenvalue weighted by molar-refractivity contribution is 7.12. The molecule has 2 aliphatic rings. The summed E-state index contributed by atoms with van der Waals surface area (Å²) in [7, 11) is 1.32. The molecule has 0 radical (unpaired) electrons. The third-order valence-electron chi connectivity index (χ3n) is 6.31. The molecule has 1 amide bonds. The third kappa shape index (κ3) is 4.06. The fourth-order valence-electron chi connectivity index (χ4n) is 4.70. The smallest absolute Gasteiger partial charge is 0.343 e. The number of fused-ring (bicyclic) bond motifs is 2. The van der Waals surface area contributed by atoms with Gasteiger partial charge in [-0.3, -0.25) is 9.59 Å². The molecule has 0 unspecified atom stereocenters. The number of hydrogen-bond donors (Lipinski definition) is 0. The number of benzene rings is 1. The average Bonchev–Trinajstić information content (AvgIpc) is 3.44. The molecule has 1 aliphatic carbocycles. The quantitative estimate of drug-likeness (QED) is 0.555. The highest BCUT2D eigenvalue weighted by Gasteiger charge is 2.30. The molecule has 0 saturated carbocycles. The summed E-state index contributed by atoms with van der Waals surface area (Å²) in [5.41, 5.74) is 3.03. The zero-order valence-electron chi connectivity index (χ0n) is 18.3. The van der Waals surface area contributed by atoms with E-state index in [2.05, 4.69) is 12.1 Å². The number of nitrogens with zero attached hydrogens (tertiary/aromatic N) is 2. The molecular formula is C25H24N2O5S. The van der Waals surface area contributed by atoms with E-state index in [-0.39, 0.29) is 28.9 Å². The summed E-state index contributed by atoms with van der Waals surface area (Å²) in [5, 5.41) is 1.87. The lowest BCUT2D eigenvalue weighted by Gasteiger charge is -2.20. The van der Waals surface area contributed by atoms with Crippen LogP contribution in [0.4, 0.5) is 0 Å². The number of ether oxygens (including phenoxy) is 2. The summed E-state index contributed by atoms with van der Waals surface area (Å²) in [6.45, 7) is 1.10. The van der Waals surface area contributed by atoms with Gasteiger partial charge < -0.3 is 18.9 Å². The lowest BCUT2D eigenvalue weighted by atomic mass is 10.1. The van der Waals surface area contributed by atoms with Crippen LogP contribution in [0.3, 0.4) is 0 Å². The Morgan fingerprint density at radius 2 is 1.79 bits per heavy atom. The molecule has 3 heterocycles. The zero-order chi connectivity index (χ0) is 22.9. The predicted molar refractivity (Wildman–Crippen MR) is 124 cm³/mol. The van der Waals surface area contributed by atoms with Crippen molar-refractivity contribution in [2.75, 3.05) is 20.2 Å². The molecule has 3 aromatic rings. The van der Waals surface area contributed by atoms with Crippen LogP contribution >= 0.6 is 11.3 Å². The number of aromatic nitrogens is 1. The molecule has 8 heteroatoms. The number of carbonyl (C=O) groups is 2. The highest BCUT2D eigenvalue weighted by Crippen LogP contribution is 2.30. The molecule has 7 nitrogen and oxygen atoms in total. The second-order valence-electron chi connectivity index (χ2n) is 8.25. The fraction of sp³-hybridized carbons (Fsp3) is 0.320. The van der Waals surface area contributed by atoms with Gasteiger partial charge in [0.1, 0.15) is 17.4 Å². The second kappa shape index (κ2) is 8.86. The summed E-state index contributed by atoms with van der Waals surface area (Å²) < 4.78 is 12.9. The molecule has 0 N–H and O–H groups in total. The minimum Gasteiger partial charge on any atom is -0.489 e. The Morgan fingerprint density at radius 1 is 1.03 bits per heavy atom. The van der Waals surface area contributed by atoms with E-state index in [0.717, 1.165) is 12.8 Å². The van der Waals surface area contributed by atoms with E-state index in [4.69, 9.17) is 9.47 Å². The Bertz CT molecular complexity index is 1240. The maximum absolute atomic E-state index is 13.0. The van der Waals surface area contributed by atoms with Gasteiger partial charge in [0.2, 0.25) is 0 Å². The van der Waals surface area contributed by atoms with Crippen molar-refractivity contribution in [2.24, 2.45) is 0 Å². The van der Waals surface area contributed by atoms with Gasteiger partial charge in [-0.25, -0.2) is 4.79 Å². The first-order valence-corrected chi connectivity index (χ1v) is 11.8. The molecule has 0 atom stereocenters. The largest absolute Gasteiger partial charge is 0.489 e. The second-order valence-corrected chi connectivity index (χ2v) is 9.20. The molecule has 170 valence electrons. The highest BCUT2D eigenvalue weighted by atomic mass is 32.1. The Kier molecular flexibility index (Phi) is 5.76. The van der Waals surface area contributed by atoms with Gasteiger partial charge in [0.15, 0.2) is 0 Å². The topological polar surface area (TPSA) is 77.8 Å². The van der Waals surface area contributed by atoms with E-state index in [1.54, 1.807) is 15.5 Å². The minimum absolute atomic E-state index is 0.0642. The van der Waals surface area contributed by atoms with Crippen LogP contribution in [0.15, 0.2) is 52.6 Å². The average molecular weight is 465 g/mol. The standard InChI is InChI=1S/C25H24N2O5S/c1-31-25(30)23-19-8-9-26(24(29)21-7-4-12-33-21)10-11-27(19)22(28)15-20(23)32-18-13-16-5-2-3-6-17(16)14-18/h2-7,12,15,18H,8-11,13-14H2,1H3. The SMILES string of the molecule is COC(=O)c1c(OC2Cc3ccccc3C2)cc(=O)n2c1CCN(C(=O)c1cccs1)CC2. The predicted octanol–water partition coefficient (Wildman–Crippen LogP) is 2.94. The Labute approximate surface area is 195 Å². The van der Waals surface area contributed by atoms with Gasteiger partial charge in [0.05, 0.1) is 12.0 Å². The molecular weight excluding hydrogens is 440 g/mol. The molecule has 0 fully saturated rings. The van der Waals surface area contributed by atoms with Crippen molar-refractivity contribution in [2.45, 2.75) is 31.9 Å². The number of thiophene rings is 1. The summed E-state index contributed by atoms with van der Waals surface area (Å²) in [5.74, 6) is -0.345. The lowest BCUT2D eigenvalue weighted by molar-refractivity contribution is 0.0590. The first kappa shape index (κ1) is 21.5. The van der Waals surface area contributed by atoms with E-state index in [9.17, 15) is 14.4 Å². The van der Waals surface area contributed by atoms with Crippen molar-refractivity contribution >= 4 is 23.2 Å². The summed E-state index contributed by atoms with van der Waals surface area (Å²) in [4.78, 5) is 41.1. The van der Waals surface area contributed by atoms with E-state index >= 15 is 0 Å². The first-order valence-electron chi connectivity index (χ1n) is 11.0. The fourth-order valence-corrected chi connectivity index (χ4v) is 5.40. The maximum atomic E-state index is 13.0. The minimum atomic E-state index is -0.540. The first-order chi connectivity index (χ1) is 16.0. The molecule has 2 aromatic heterocycles. The number of esters is 1. The number of pyridine rings is 1. The Morgan fingerprint density at radius 3 is 2.45 bits per heavy atom. The number of carbonyl (C=O) groups excluding carboxylic acids is 2. The van der Waals surface area contributed by atoms with Crippen LogP contribution in [0.1, 0.15) is 36.9 Å². The molecule has 0 saturated heterocycles. The van der Waals surface area contributed by atoms with Gasteiger partial charge in [-0.2, -0.15) is 0 Å². The van der Waals surface area contributed by atoms with Crippen LogP contribution in [-0.4, -0.2) is 47.6 Å².